The van der Waals surface area contributed by atoms with Crippen molar-refractivity contribution in [3.63, 3.8) is 0 Å². The van der Waals surface area contributed by atoms with Gasteiger partial charge in [-0.15, -0.1) is 11.3 Å². The molecule has 2 aromatic rings. The van der Waals surface area contributed by atoms with Gasteiger partial charge in [-0.3, -0.25) is 0 Å². The van der Waals surface area contributed by atoms with Gasteiger partial charge in [0.15, 0.2) is 0 Å². The summed E-state index contributed by atoms with van der Waals surface area (Å²) >= 11 is 1.45. The molecule has 110 valence electrons. The van der Waals surface area contributed by atoms with E-state index in [0.29, 0.717) is 10.6 Å². The Morgan fingerprint density at radius 3 is 2.65 bits per heavy atom. The molecule has 2 rings (SSSR count). The third-order valence-corrected chi connectivity index (χ3v) is 4.48. The zero-order valence-corrected chi connectivity index (χ0v) is 13.0. The van der Waals surface area contributed by atoms with Gasteiger partial charge < -0.3 is 5.32 Å². The molecule has 0 saturated heterocycles. The second-order valence-electron chi connectivity index (χ2n) is 5.54. The van der Waals surface area contributed by atoms with Gasteiger partial charge in [0.1, 0.15) is 11.6 Å². The Hall–Kier alpha value is -1.00. The Labute approximate surface area is 123 Å². The summed E-state index contributed by atoms with van der Waals surface area (Å²) in [7, 11) is 0. The van der Waals surface area contributed by atoms with Crippen LogP contribution in [0.1, 0.15) is 37.6 Å². The highest BCUT2D eigenvalue weighted by atomic mass is 32.1. The van der Waals surface area contributed by atoms with Crippen LogP contribution in [0.4, 0.5) is 8.78 Å². The van der Waals surface area contributed by atoms with Crippen molar-refractivity contribution >= 4 is 21.4 Å². The molecule has 0 radical (unpaired) electrons. The molecular weight excluding hydrogens is 276 g/mol. The highest BCUT2D eigenvalue weighted by Gasteiger charge is 2.17. The Morgan fingerprint density at radius 1 is 1.25 bits per heavy atom. The average Bonchev–Trinajstić information content (AvgIpc) is 2.68. The van der Waals surface area contributed by atoms with Crippen LogP contribution in [0.25, 0.3) is 10.1 Å². The molecule has 0 atom stereocenters. The average molecular weight is 297 g/mol. The van der Waals surface area contributed by atoms with E-state index in [1.165, 1.54) is 17.4 Å². The van der Waals surface area contributed by atoms with Gasteiger partial charge in [-0.2, -0.15) is 0 Å². The molecule has 0 bridgehead atoms. The summed E-state index contributed by atoms with van der Waals surface area (Å²) < 4.78 is 28.0. The summed E-state index contributed by atoms with van der Waals surface area (Å²) in [6.07, 6.45) is 1.92. The minimum absolute atomic E-state index is 0.447. The summed E-state index contributed by atoms with van der Waals surface area (Å²) in [6, 6.07) is 2.44. The van der Waals surface area contributed by atoms with Crippen LogP contribution < -0.4 is 5.32 Å². The molecule has 0 amide bonds. The molecule has 0 fully saturated rings. The smallest absolute Gasteiger partial charge is 0.143 e. The van der Waals surface area contributed by atoms with Gasteiger partial charge in [0.05, 0.1) is 4.70 Å². The number of thiophene rings is 1. The number of benzene rings is 1. The summed E-state index contributed by atoms with van der Waals surface area (Å²) in [5.74, 6) is -0.480. The van der Waals surface area contributed by atoms with Crippen molar-refractivity contribution in [1.29, 1.82) is 0 Å². The van der Waals surface area contributed by atoms with E-state index in [2.05, 4.69) is 26.1 Å². The van der Waals surface area contributed by atoms with Gasteiger partial charge in [-0.1, -0.05) is 20.8 Å². The van der Waals surface area contributed by atoms with E-state index in [-0.39, 0.29) is 0 Å². The lowest BCUT2D eigenvalue weighted by atomic mass is 9.99. The first kappa shape index (κ1) is 15.4. The zero-order valence-electron chi connectivity index (χ0n) is 12.2. The Bertz CT molecular complexity index is 590. The van der Waals surface area contributed by atoms with E-state index in [9.17, 15) is 8.78 Å². The number of fused-ring (bicyclic) bond motifs is 1. The first-order chi connectivity index (χ1) is 9.52. The van der Waals surface area contributed by atoms with Crippen LogP contribution in [0, 0.1) is 17.6 Å². The number of nitrogens with one attached hydrogen (secondary N) is 1. The van der Waals surface area contributed by atoms with Gasteiger partial charge in [0, 0.05) is 22.9 Å². The van der Waals surface area contributed by atoms with Crippen molar-refractivity contribution < 1.29 is 8.78 Å². The van der Waals surface area contributed by atoms with E-state index in [1.54, 1.807) is 0 Å². The van der Waals surface area contributed by atoms with Crippen molar-refractivity contribution in [1.82, 2.24) is 5.32 Å². The van der Waals surface area contributed by atoms with E-state index >= 15 is 0 Å². The van der Waals surface area contributed by atoms with Crippen molar-refractivity contribution in [3.05, 3.63) is 34.2 Å². The summed E-state index contributed by atoms with van der Waals surface area (Å²) in [5.41, 5.74) is 1.10. The molecule has 4 heteroatoms. The van der Waals surface area contributed by atoms with E-state index in [4.69, 9.17) is 0 Å². The van der Waals surface area contributed by atoms with Crippen LogP contribution in [0.15, 0.2) is 12.1 Å². The highest BCUT2D eigenvalue weighted by Crippen LogP contribution is 2.35. The summed E-state index contributed by atoms with van der Waals surface area (Å²) in [6.45, 7) is 8.04. The maximum Gasteiger partial charge on any atom is 0.143 e. The Balaban J connectivity index is 2.46. The third kappa shape index (κ3) is 3.36. The quantitative estimate of drug-likeness (QED) is 0.749. The maximum absolute atomic E-state index is 13.9. The molecule has 0 unspecified atom stereocenters. The zero-order chi connectivity index (χ0) is 14.7. The van der Waals surface area contributed by atoms with Crippen molar-refractivity contribution in [2.75, 3.05) is 6.54 Å². The van der Waals surface area contributed by atoms with Crippen LogP contribution in [0.2, 0.25) is 0 Å². The minimum atomic E-state index is -0.495. The Morgan fingerprint density at radius 2 is 2.00 bits per heavy atom. The topological polar surface area (TPSA) is 12.0 Å². The number of hydrogen-bond acceptors (Lipinski definition) is 2. The van der Waals surface area contributed by atoms with Gasteiger partial charge >= 0.3 is 0 Å². The molecule has 1 heterocycles. The molecule has 1 N–H and O–H groups in total. The van der Waals surface area contributed by atoms with Gasteiger partial charge in [0.25, 0.3) is 0 Å². The number of rotatable bonds is 6. The number of hydrogen-bond donors (Lipinski definition) is 1. The fourth-order valence-electron chi connectivity index (χ4n) is 2.38. The van der Waals surface area contributed by atoms with Gasteiger partial charge in [0.2, 0.25) is 0 Å². The van der Waals surface area contributed by atoms with Gasteiger partial charge in [-0.25, -0.2) is 8.78 Å². The molecule has 1 aromatic carbocycles. The van der Waals surface area contributed by atoms with Crippen LogP contribution in [-0.4, -0.2) is 6.54 Å². The predicted octanol–water partition coefficient (Wildman–Crippen LogP) is 4.88. The highest BCUT2D eigenvalue weighted by molar-refractivity contribution is 7.19. The maximum atomic E-state index is 13.9. The largest absolute Gasteiger partial charge is 0.312 e. The summed E-state index contributed by atoms with van der Waals surface area (Å²) in [4.78, 5) is 1.13. The standard InChI is InChI=1S/C16H21F2NS/c1-4-5-19-9-15-12(6-10(2)3)13-7-11(17)8-14(18)16(13)20-15/h7-8,10,19H,4-6,9H2,1-3H3. The summed E-state index contributed by atoms with van der Waals surface area (Å²) in [5, 5.41) is 4.10. The molecular formula is C16H21F2NS. The molecule has 1 nitrogen and oxygen atoms in total. The second kappa shape index (κ2) is 6.64. The van der Waals surface area contributed by atoms with Gasteiger partial charge in [-0.05, 0) is 36.9 Å². The lowest BCUT2D eigenvalue weighted by Gasteiger charge is -2.08. The fraction of sp³-hybridized carbons (Fsp3) is 0.500. The number of halogens is 2. The molecule has 20 heavy (non-hydrogen) atoms. The fourth-order valence-corrected chi connectivity index (χ4v) is 3.56. The second-order valence-corrected chi connectivity index (χ2v) is 6.65. The molecule has 0 spiro atoms. The third-order valence-electron chi connectivity index (χ3n) is 3.22. The van der Waals surface area contributed by atoms with Crippen molar-refractivity contribution in [2.45, 2.75) is 40.2 Å². The van der Waals surface area contributed by atoms with Crippen LogP contribution in [-0.2, 0) is 13.0 Å². The van der Waals surface area contributed by atoms with Crippen molar-refractivity contribution in [3.8, 4) is 0 Å². The first-order valence-electron chi connectivity index (χ1n) is 7.13. The lowest BCUT2D eigenvalue weighted by molar-refractivity contribution is 0.592. The first-order valence-corrected chi connectivity index (χ1v) is 7.94. The molecule has 1 aromatic heterocycles. The SMILES string of the molecule is CCCNCc1sc2c(F)cc(F)cc2c1CC(C)C. The monoisotopic (exact) mass is 297 g/mol. The van der Waals surface area contributed by atoms with E-state index in [0.717, 1.165) is 47.8 Å². The van der Waals surface area contributed by atoms with E-state index < -0.39 is 11.6 Å². The van der Waals surface area contributed by atoms with E-state index in [1.807, 2.05) is 0 Å². The normalized spacial score (nSPS) is 11.7. The van der Waals surface area contributed by atoms with Crippen LogP contribution >= 0.6 is 11.3 Å². The van der Waals surface area contributed by atoms with Crippen molar-refractivity contribution in [2.24, 2.45) is 5.92 Å². The molecule has 0 saturated carbocycles. The molecule has 0 aliphatic heterocycles. The Kier molecular flexibility index (Phi) is 5.11. The predicted molar refractivity (Wildman–Crippen MR) is 82.3 cm³/mol. The lowest BCUT2D eigenvalue weighted by Crippen LogP contribution is -2.14. The minimum Gasteiger partial charge on any atom is -0.312 e. The molecule has 0 aliphatic carbocycles. The molecule has 0 aliphatic rings. The van der Waals surface area contributed by atoms with Crippen LogP contribution in [0.3, 0.4) is 0 Å². The van der Waals surface area contributed by atoms with Crippen LogP contribution in [0.5, 0.6) is 0 Å².